The Labute approximate surface area is 173 Å². The molecule has 2 unspecified atom stereocenters. The number of hydrogen-bond donors (Lipinski definition) is 1. The van der Waals surface area contributed by atoms with Gasteiger partial charge in [0.25, 0.3) is 0 Å². The summed E-state index contributed by atoms with van der Waals surface area (Å²) in [4.78, 5) is 13.5. The number of nitrogens with zero attached hydrogens (tertiary/aromatic N) is 1. The monoisotopic (exact) mass is 412 g/mol. The molecule has 2 aliphatic carbocycles. The first-order valence-electron chi connectivity index (χ1n) is 10.9. The molecule has 3 aliphatic rings. The summed E-state index contributed by atoms with van der Waals surface area (Å²) in [6, 6.07) is 1.77. The van der Waals surface area contributed by atoms with Gasteiger partial charge in [0.15, 0.2) is 0 Å². The van der Waals surface area contributed by atoms with Crippen molar-refractivity contribution in [1.82, 2.24) is 10.2 Å². The molecule has 1 heterocycles. The maximum atomic E-state index is 14.7. The smallest absolute Gasteiger partial charge is 0.207 e. The van der Waals surface area contributed by atoms with Crippen molar-refractivity contribution in [2.24, 2.45) is 5.41 Å². The molecule has 0 aromatic heterocycles. The average Bonchev–Trinajstić information content (AvgIpc) is 3.31. The molecule has 0 radical (unpaired) electrons. The lowest BCUT2D eigenvalue weighted by Crippen LogP contribution is -2.41. The first-order chi connectivity index (χ1) is 13.8. The second-order valence-corrected chi connectivity index (χ2v) is 8.99. The van der Waals surface area contributed by atoms with Gasteiger partial charge in [-0.1, -0.05) is 13.0 Å². The zero-order valence-electron chi connectivity index (χ0n) is 17.6. The number of benzene rings is 1. The van der Waals surface area contributed by atoms with Gasteiger partial charge in [0.05, 0.1) is 6.04 Å². The highest BCUT2D eigenvalue weighted by Crippen LogP contribution is 2.61. The summed E-state index contributed by atoms with van der Waals surface area (Å²) in [6.45, 7) is 7.72. The van der Waals surface area contributed by atoms with Crippen molar-refractivity contribution in [1.29, 1.82) is 0 Å². The van der Waals surface area contributed by atoms with Gasteiger partial charge < -0.3 is 10.2 Å². The quantitative estimate of drug-likeness (QED) is 0.651. The minimum Gasteiger partial charge on any atom is -0.351 e. The van der Waals surface area contributed by atoms with E-state index in [4.69, 9.17) is 0 Å². The molecule has 1 aromatic carbocycles. The lowest BCUT2D eigenvalue weighted by molar-refractivity contribution is -0.111. The van der Waals surface area contributed by atoms with Gasteiger partial charge in [-0.15, -0.1) is 0 Å². The van der Waals surface area contributed by atoms with Crippen LogP contribution in [0.25, 0.3) is 0 Å². The fourth-order valence-corrected chi connectivity index (χ4v) is 5.53. The van der Waals surface area contributed by atoms with Gasteiger partial charge in [0.2, 0.25) is 6.41 Å². The van der Waals surface area contributed by atoms with Crippen LogP contribution < -0.4 is 5.32 Å². The third-order valence-electron chi connectivity index (χ3n) is 7.14. The summed E-state index contributed by atoms with van der Waals surface area (Å²) in [7, 11) is 0. The van der Waals surface area contributed by atoms with Gasteiger partial charge in [0, 0.05) is 6.99 Å². The fourth-order valence-electron chi connectivity index (χ4n) is 5.53. The van der Waals surface area contributed by atoms with Crippen molar-refractivity contribution in [3.63, 3.8) is 0 Å². The Morgan fingerprint density at radius 2 is 1.90 bits per heavy atom. The lowest BCUT2D eigenvalue weighted by Gasteiger charge is -2.41. The largest absolute Gasteiger partial charge is 0.351 e. The van der Waals surface area contributed by atoms with E-state index in [1.165, 1.54) is 44.6 Å². The highest BCUT2D eigenvalue weighted by molar-refractivity contribution is 5.49. The zero-order valence-corrected chi connectivity index (χ0v) is 17.6. The molecule has 0 spiro atoms. The molecule has 3 fully saturated rings. The number of amides is 1. The topological polar surface area (TPSA) is 32.3 Å². The van der Waals surface area contributed by atoms with Crippen molar-refractivity contribution < 1.29 is 19.4 Å². The third kappa shape index (κ3) is 4.62. The van der Waals surface area contributed by atoms with Crippen molar-refractivity contribution >= 4 is 6.41 Å². The number of carbonyl (C=O) groups is 1. The van der Waals surface area contributed by atoms with Crippen molar-refractivity contribution in [3.8, 4) is 0 Å². The molecule has 3 nitrogen and oxygen atoms in total. The van der Waals surface area contributed by atoms with Crippen LogP contribution in [-0.4, -0.2) is 36.6 Å². The fraction of sp³-hybridized carbons (Fsp3) is 0.696. The highest BCUT2D eigenvalue weighted by atomic mass is 19.1. The summed E-state index contributed by atoms with van der Waals surface area (Å²) < 4.78 is 43.5. The summed E-state index contributed by atoms with van der Waals surface area (Å²) >= 11 is 0. The van der Waals surface area contributed by atoms with E-state index in [0.717, 1.165) is 0 Å². The Hall–Kier alpha value is -1.56. The van der Waals surface area contributed by atoms with Crippen molar-refractivity contribution in [2.75, 3.05) is 19.6 Å². The molecule has 1 aliphatic heterocycles. The molecule has 3 atom stereocenters. The predicted octanol–water partition coefficient (Wildman–Crippen LogP) is 5.47. The number of nitrogens with one attached hydrogen (secondary N) is 1. The van der Waals surface area contributed by atoms with Crippen LogP contribution in [0.2, 0.25) is 0 Å². The van der Waals surface area contributed by atoms with E-state index in [9.17, 15) is 18.0 Å². The van der Waals surface area contributed by atoms with Gasteiger partial charge >= 0.3 is 0 Å². The van der Waals surface area contributed by atoms with Gasteiger partial charge in [-0.3, -0.25) is 4.79 Å². The Balaban J connectivity index is 0.000000341. The van der Waals surface area contributed by atoms with Crippen LogP contribution in [0.15, 0.2) is 12.1 Å². The highest BCUT2D eigenvalue weighted by Gasteiger charge is 2.56. The van der Waals surface area contributed by atoms with Crippen LogP contribution in [0.1, 0.15) is 76.9 Å². The number of rotatable bonds is 5. The second kappa shape index (κ2) is 9.07. The predicted molar refractivity (Wildman–Crippen MR) is 110 cm³/mol. The molecule has 2 bridgehead atoms. The molecule has 1 amide bonds. The summed E-state index contributed by atoms with van der Waals surface area (Å²) in [5.74, 6) is -1.32. The van der Waals surface area contributed by atoms with E-state index in [0.29, 0.717) is 44.1 Å². The lowest BCUT2D eigenvalue weighted by atomic mass is 9.67. The molecule has 6 heteroatoms. The number of likely N-dealkylation sites (tertiary alicyclic amines) is 1. The van der Waals surface area contributed by atoms with Gasteiger partial charge in [-0.05, 0) is 95.0 Å². The minimum atomic E-state index is -1.25. The molecule has 1 saturated heterocycles. The van der Waals surface area contributed by atoms with E-state index in [2.05, 4.69) is 17.1 Å². The van der Waals surface area contributed by atoms with Crippen LogP contribution in [0, 0.1) is 24.0 Å². The van der Waals surface area contributed by atoms with E-state index < -0.39 is 28.8 Å². The Morgan fingerprint density at radius 3 is 2.52 bits per heavy atom. The third-order valence-corrected chi connectivity index (χ3v) is 7.14. The second-order valence-electron chi connectivity index (χ2n) is 8.99. The molecule has 1 N–H and O–H groups in total. The van der Waals surface area contributed by atoms with Gasteiger partial charge in [-0.2, -0.15) is 0 Å². The Morgan fingerprint density at radius 1 is 1.17 bits per heavy atom. The SMILES string of the molecule is CCN1CCCC1.Cc1ccc(F)c([C@@H](NC=O)C23CCCC(F)(CC2)C3)c1F.[HH]. The molecule has 4 rings (SSSR count). The summed E-state index contributed by atoms with van der Waals surface area (Å²) in [5.41, 5.74) is -1.65. The van der Waals surface area contributed by atoms with Crippen molar-refractivity contribution in [3.05, 3.63) is 34.9 Å². The maximum absolute atomic E-state index is 14.7. The Kier molecular flexibility index (Phi) is 6.92. The number of alkyl halides is 1. The molecular formula is C23H35F3N2O. The standard InChI is InChI=1S/C17H20F3NO.C6H13N.H2/c1-11-3-4-12(18)13(14(11)19)15(21-10-22)16-5-2-6-17(20,9-16)8-7-16;1-2-7-5-3-4-6-7;/h3-4,10,15H,2,5-9H2,1H3,(H,21,22);2-6H2,1H3;1H/t15-,16?,17?;;/m1../s1. The summed E-state index contributed by atoms with van der Waals surface area (Å²) in [5, 5.41) is 2.59. The zero-order chi connectivity index (χ0) is 21.1. The normalized spacial score (nSPS) is 29.8. The Bertz CT molecular complexity index is 729. The molecular weight excluding hydrogens is 377 g/mol. The van der Waals surface area contributed by atoms with Crippen LogP contribution in [0.5, 0.6) is 0 Å². The average molecular weight is 413 g/mol. The van der Waals surface area contributed by atoms with Crippen molar-refractivity contribution in [2.45, 2.75) is 76.9 Å². The van der Waals surface area contributed by atoms with Crippen LogP contribution in [-0.2, 0) is 4.79 Å². The number of aryl methyl sites for hydroxylation is 1. The van der Waals surface area contributed by atoms with E-state index in [-0.39, 0.29) is 13.4 Å². The van der Waals surface area contributed by atoms with Gasteiger partial charge in [0.1, 0.15) is 17.3 Å². The first kappa shape index (κ1) is 22.1. The summed E-state index contributed by atoms with van der Waals surface area (Å²) in [6.07, 6.45) is 6.38. The van der Waals surface area contributed by atoms with Crippen LogP contribution >= 0.6 is 0 Å². The minimum absolute atomic E-state index is 0. The molecule has 1 aromatic rings. The molecule has 164 valence electrons. The maximum Gasteiger partial charge on any atom is 0.207 e. The molecule has 29 heavy (non-hydrogen) atoms. The van der Waals surface area contributed by atoms with E-state index in [1.54, 1.807) is 6.92 Å². The molecule has 2 saturated carbocycles. The number of fused-ring (bicyclic) bond motifs is 2. The van der Waals surface area contributed by atoms with Crippen LogP contribution in [0.4, 0.5) is 13.2 Å². The van der Waals surface area contributed by atoms with E-state index >= 15 is 0 Å². The number of carbonyl (C=O) groups excluding carboxylic acids is 1. The van der Waals surface area contributed by atoms with Gasteiger partial charge in [-0.25, -0.2) is 13.2 Å². The van der Waals surface area contributed by atoms with Crippen LogP contribution in [0.3, 0.4) is 0 Å². The number of halogens is 3. The number of hydrogen-bond acceptors (Lipinski definition) is 2. The first-order valence-corrected chi connectivity index (χ1v) is 10.9. The van der Waals surface area contributed by atoms with E-state index in [1.807, 2.05) is 0 Å².